The molecular formula is C10H10Br2ClN3O. The highest BCUT2D eigenvalue weighted by molar-refractivity contribution is 9.10. The van der Waals surface area contributed by atoms with E-state index in [1.165, 1.54) is 0 Å². The summed E-state index contributed by atoms with van der Waals surface area (Å²) in [5, 5.41) is 1.14. The third kappa shape index (κ3) is 2.63. The number of amides is 1. The average Bonchev–Trinajstić information content (AvgIpc) is 2.67. The number of aryl methyl sites for hydroxylation is 1. The van der Waals surface area contributed by atoms with E-state index in [9.17, 15) is 4.79 Å². The van der Waals surface area contributed by atoms with Gasteiger partial charge in [-0.25, -0.2) is 4.98 Å². The van der Waals surface area contributed by atoms with Crippen LogP contribution in [-0.2, 0) is 4.79 Å². The first-order valence-corrected chi connectivity index (χ1v) is 7.38. The molecule has 0 spiro atoms. The quantitative estimate of drug-likeness (QED) is 0.583. The number of carbonyl (C=O) groups is 1. The molecule has 0 N–H and O–H groups in total. The van der Waals surface area contributed by atoms with E-state index in [0.29, 0.717) is 34.5 Å². The van der Waals surface area contributed by atoms with E-state index in [2.05, 4.69) is 41.8 Å². The smallest absolute Gasteiger partial charge is 0.233 e. The maximum Gasteiger partial charge on any atom is 0.233 e. The molecule has 17 heavy (non-hydrogen) atoms. The number of halogens is 3. The number of rotatable bonds is 2. The molecule has 0 radical (unpaired) electrons. The zero-order valence-electron chi connectivity index (χ0n) is 9.08. The molecule has 1 unspecified atom stereocenters. The Morgan fingerprint density at radius 3 is 2.76 bits per heavy atom. The molecule has 1 aliphatic heterocycles. The summed E-state index contributed by atoms with van der Waals surface area (Å²) in [6.45, 7) is 2.46. The SMILES string of the molecule is Cc1nc(N2CC(CBr)CC2=O)nc(Cl)c1Br. The van der Waals surface area contributed by atoms with Gasteiger partial charge < -0.3 is 0 Å². The maximum atomic E-state index is 11.8. The van der Waals surface area contributed by atoms with Crippen LogP contribution in [0.15, 0.2) is 4.47 Å². The summed E-state index contributed by atoms with van der Waals surface area (Å²) >= 11 is 12.7. The van der Waals surface area contributed by atoms with E-state index in [4.69, 9.17) is 11.6 Å². The van der Waals surface area contributed by atoms with Crippen molar-refractivity contribution in [2.75, 3.05) is 16.8 Å². The predicted molar refractivity (Wildman–Crippen MR) is 73.7 cm³/mol. The summed E-state index contributed by atoms with van der Waals surface area (Å²) in [4.78, 5) is 21.8. The fraction of sp³-hybridized carbons (Fsp3) is 0.500. The van der Waals surface area contributed by atoms with Gasteiger partial charge in [-0.1, -0.05) is 27.5 Å². The van der Waals surface area contributed by atoms with Gasteiger partial charge in [0.2, 0.25) is 11.9 Å². The number of anilines is 1. The van der Waals surface area contributed by atoms with Gasteiger partial charge in [-0.05, 0) is 28.8 Å². The van der Waals surface area contributed by atoms with E-state index in [1.54, 1.807) is 4.90 Å². The lowest BCUT2D eigenvalue weighted by Gasteiger charge is -2.15. The molecule has 1 fully saturated rings. The molecule has 1 saturated heterocycles. The number of nitrogens with zero attached hydrogens (tertiary/aromatic N) is 3. The van der Waals surface area contributed by atoms with E-state index in [1.807, 2.05) is 6.92 Å². The summed E-state index contributed by atoms with van der Waals surface area (Å²) in [6, 6.07) is 0. The van der Waals surface area contributed by atoms with Crippen molar-refractivity contribution in [2.45, 2.75) is 13.3 Å². The highest BCUT2D eigenvalue weighted by Gasteiger charge is 2.32. The second-order valence-electron chi connectivity index (χ2n) is 3.94. The molecule has 0 aliphatic carbocycles. The maximum absolute atomic E-state index is 11.8. The Hall–Kier alpha value is -0.200. The fourth-order valence-electron chi connectivity index (χ4n) is 1.71. The van der Waals surface area contributed by atoms with Gasteiger partial charge in [0.1, 0.15) is 5.15 Å². The minimum Gasteiger partial charge on any atom is -0.280 e. The van der Waals surface area contributed by atoms with Crippen molar-refractivity contribution in [3.8, 4) is 0 Å². The number of hydrogen-bond acceptors (Lipinski definition) is 3. The average molecular weight is 383 g/mol. The van der Waals surface area contributed by atoms with Crippen molar-refractivity contribution < 1.29 is 4.79 Å². The predicted octanol–water partition coefficient (Wildman–Crippen LogP) is 2.95. The zero-order valence-corrected chi connectivity index (χ0v) is 13.0. The van der Waals surface area contributed by atoms with Crippen LogP contribution in [0.25, 0.3) is 0 Å². The third-order valence-corrected chi connectivity index (χ3v) is 5.00. The van der Waals surface area contributed by atoms with Gasteiger partial charge in [0, 0.05) is 18.3 Å². The van der Waals surface area contributed by atoms with Gasteiger partial charge in [-0.2, -0.15) is 4.98 Å². The molecule has 4 nitrogen and oxygen atoms in total. The normalized spacial score (nSPS) is 20.1. The number of carbonyl (C=O) groups excluding carboxylic acids is 1. The van der Waals surface area contributed by atoms with Crippen molar-refractivity contribution in [3.05, 3.63) is 15.3 Å². The first-order chi connectivity index (χ1) is 8.02. The standard InChI is InChI=1S/C10H10Br2ClN3O/c1-5-8(12)9(13)15-10(14-5)16-4-6(3-11)2-7(16)17/h6H,2-4H2,1H3. The van der Waals surface area contributed by atoms with Gasteiger partial charge in [0.05, 0.1) is 10.2 Å². The molecule has 0 aromatic carbocycles. The largest absolute Gasteiger partial charge is 0.280 e. The minimum absolute atomic E-state index is 0.0484. The Morgan fingerprint density at radius 2 is 2.24 bits per heavy atom. The lowest BCUT2D eigenvalue weighted by molar-refractivity contribution is -0.117. The Morgan fingerprint density at radius 1 is 1.53 bits per heavy atom. The number of aromatic nitrogens is 2. The van der Waals surface area contributed by atoms with Crippen LogP contribution in [-0.4, -0.2) is 27.7 Å². The van der Waals surface area contributed by atoms with E-state index >= 15 is 0 Å². The molecular weight excluding hydrogens is 373 g/mol. The molecule has 1 aliphatic rings. The molecule has 1 atom stereocenters. The van der Waals surface area contributed by atoms with Crippen LogP contribution < -0.4 is 4.90 Å². The van der Waals surface area contributed by atoms with Gasteiger partial charge in [0.15, 0.2) is 0 Å². The summed E-state index contributed by atoms with van der Waals surface area (Å²) < 4.78 is 0.673. The molecule has 0 saturated carbocycles. The highest BCUT2D eigenvalue weighted by atomic mass is 79.9. The molecule has 1 aromatic heterocycles. The van der Waals surface area contributed by atoms with Gasteiger partial charge in [-0.15, -0.1) is 0 Å². The van der Waals surface area contributed by atoms with Crippen LogP contribution in [0.4, 0.5) is 5.95 Å². The Labute approximate surface area is 121 Å². The molecule has 2 rings (SSSR count). The fourth-order valence-corrected chi connectivity index (χ4v) is 2.53. The molecule has 2 heterocycles. The van der Waals surface area contributed by atoms with E-state index < -0.39 is 0 Å². The van der Waals surface area contributed by atoms with E-state index in [-0.39, 0.29) is 5.91 Å². The molecule has 92 valence electrons. The second kappa shape index (κ2) is 5.20. The Kier molecular flexibility index (Phi) is 4.05. The second-order valence-corrected chi connectivity index (χ2v) is 5.74. The summed E-state index contributed by atoms with van der Waals surface area (Å²) in [6.07, 6.45) is 0.529. The first kappa shape index (κ1) is 13.2. The summed E-state index contributed by atoms with van der Waals surface area (Å²) in [7, 11) is 0. The van der Waals surface area contributed by atoms with Crippen molar-refractivity contribution >= 4 is 55.3 Å². The lowest BCUT2D eigenvalue weighted by atomic mass is 10.2. The van der Waals surface area contributed by atoms with E-state index in [0.717, 1.165) is 11.0 Å². The van der Waals surface area contributed by atoms with Crippen LogP contribution in [0.3, 0.4) is 0 Å². The van der Waals surface area contributed by atoms with Crippen molar-refractivity contribution in [2.24, 2.45) is 5.92 Å². The van der Waals surface area contributed by atoms with Crippen molar-refractivity contribution in [1.82, 2.24) is 9.97 Å². The molecule has 0 bridgehead atoms. The van der Waals surface area contributed by atoms with Crippen LogP contribution >= 0.6 is 43.5 Å². The van der Waals surface area contributed by atoms with Crippen LogP contribution in [0, 0.1) is 12.8 Å². The highest BCUT2D eigenvalue weighted by Crippen LogP contribution is 2.28. The van der Waals surface area contributed by atoms with Gasteiger partial charge >= 0.3 is 0 Å². The van der Waals surface area contributed by atoms with Crippen LogP contribution in [0.2, 0.25) is 5.15 Å². The summed E-state index contributed by atoms with van der Waals surface area (Å²) in [5.74, 6) is 0.755. The van der Waals surface area contributed by atoms with Gasteiger partial charge in [0.25, 0.3) is 0 Å². The number of alkyl halides is 1. The molecule has 1 aromatic rings. The van der Waals surface area contributed by atoms with Crippen LogP contribution in [0.5, 0.6) is 0 Å². The Bertz CT molecular complexity index is 446. The monoisotopic (exact) mass is 381 g/mol. The third-order valence-electron chi connectivity index (χ3n) is 2.63. The van der Waals surface area contributed by atoms with Crippen molar-refractivity contribution in [1.29, 1.82) is 0 Å². The number of hydrogen-bond donors (Lipinski definition) is 0. The van der Waals surface area contributed by atoms with Crippen LogP contribution in [0.1, 0.15) is 12.1 Å². The van der Waals surface area contributed by atoms with Gasteiger partial charge in [-0.3, -0.25) is 9.69 Å². The topological polar surface area (TPSA) is 46.1 Å². The van der Waals surface area contributed by atoms with Crippen molar-refractivity contribution in [3.63, 3.8) is 0 Å². The molecule has 7 heteroatoms. The lowest BCUT2D eigenvalue weighted by Crippen LogP contribution is -2.27. The first-order valence-electron chi connectivity index (χ1n) is 5.09. The molecule has 1 amide bonds. The minimum atomic E-state index is 0.0484. The zero-order chi connectivity index (χ0) is 12.6. The summed E-state index contributed by atoms with van der Waals surface area (Å²) in [5.41, 5.74) is 0.732. The Balaban J connectivity index is 2.32.